The number of halogens is 1. The van der Waals surface area contributed by atoms with E-state index in [9.17, 15) is 5.21 Å². The van der Waals surface area contributed by atoms with E-state index in [1.54, 1.807) is 0 Å². The lowest BCUT2D eigenvalue weighted by Gasteiger charge is -2.25. The average molecular weight is 291 g/mol. The van der Waals surface area contributed by atoms with Gasteiger partial charge in [0, 0.05) is 10.0 Å². The number of hydrogen-bond acceptors (Lipinski definition) is 3. The van der Waals surface area contributed by atoms with Crippen molar-refractivity contribution in [2.75, 3.05) is 10.2 Å². The summed E-state index contributed by atoms with van der Waals surface area (Å²) in [5.41, 5.74) is 2.93. The molecule has 0 bridgehead atoms. The summed E-state index contributed by atoms with van der Waals surface area (Å²) < 4.78 is 1.03. The first kappa shape index (κ1) is 10.6. The number of nitrogens with zero attached hydrogens (tertiary/aromatic N) is 2. The van der Waals surface area contributed by atoms with Crippen LogP contribution in [0.4, 0.5) is 11.4 Å². The van der Waals surface area contributed by atoms with Crippen molar-refractivity contribution in [3.8, 4) is 0 Å². The maximum absolute atomic E-state index is 10.1. The number of hydrazine groups is 1. The minimum atomic E-state index is 0.689. The second kappa shape index (κ2) is 4.05. The fraction of sp³-hybridized carbons (Fsp3) is 0.0769. The first-order chi connectivity index (χ1) is 8.25. The summed E-state index contributed by atoms with van der Waals surface area (Å²) in [6, 6.07) is 15.7. The smallest absolute Gasteiger partial charge is 0.0929 e. The van der Waals surface area contributed by atoms with E-state index in [1.807, 2.05) is 53.5 Å². The Morgan fingerprint density at radius 1 is 1.00 bits per heavy atom. The van der Waals surface area contributed by atoms with E-state index in [0.717, 1.165) is 21.4 Å². The minimum absolute atomic E-state index is 0.689. The molecule has 2 aromatic carbocycles. The number of anilines is 2. The first-order valence-corrected chi connectivity index (χ1v) is 6.15. The van der Waals surface area contributed by atoms with Crippen LogP contribution >= 0.6 is 15.9 Å². The Hall–Kier alpha value is -1.52. The molecule has 1 N–H and O–H groups in total. The lowest BCUT2D eigenvalue weighted by atomic mass is 10.2. The van der Waals surface area contributed by atoms with Crippen LogP contribution in [0, 0.1) is 0 Å². The second-order valence-corrected chi connectivity index (χ2v) is 4.87. The maximum atomic E-state index is 10.1. The fourth-order valence-electron chi connectivity index (χ4n) is 2.01. The van der Waals surface area contributed by atoms with Gasteiger partial charge in [-0.05, 0) is 30.3 Å². The van der Waals surface area contributed by atoms with E-state index in [1.165, 1.54) is 5.17 Å². The molecular weight excluding hydrogens is 280 g/mol. The highest BCUT2D eigenvalue weighted by atomic mass is 79.9. The SMILES string of the molecule is ON1c2ccccc2CN1c1ccc(Br)cc1. The number of rotatable bonds is 1. The summed E-state index contributed by atoms with van der Waals surface area (Å²) in [7, 11) is 0. The van der Waals surface area contributed by atoms with E-state index in [-0.39, 0.29) is 0 Å². The highest BCUT2D eigenvalue weighted by Gasteiger charge is 2.25. The Bertz CT molecular complexity index is 541. The van der Waals surface area contributed by atoms with E-state index in [4.69, 9.17) is 0 Å². The molecule has 86 valence electrons. The quantitative estimate of drug-likeness (QED) is 0.870. The normalized spacial score (nSPS) is 14.0. The standard InChI is InChI=1S/C13H11BrN2O/c14-11-5-7-12(8-6-11)15-9-10-3-1-2-4-13(10)16(15)17/h1-8,17H,9H2. The summed E-state index contributed by atoms with van der Waals surface area (Å²) in [6.45, 7) is 0.689. The van der Waals surface area contributed by atoms with Gasteiger partial charge in [0.1, 0.15) is 0 Å². The Balaban J connectivity index is 1.96. The molecule has 4 heteroatoms. The molecule has 0 atom stereocenters. The molecule has 1 aliphatic heterocycles. The Labute approximate surface area is 108 Å². The first-order valence-electron chi connectivity index (χ1n) is 5.35. The number of benzene rings is 2. The summed E-state index contributed by atoms with van der Waals surface area (Å²) >= 11 is 3.40. The van der Waals surface area contributed by atoms with E-state index >= 15 is 0 Å². The Kier molecular flexibility index (Phi) is 2.53. The molecular formula is C13H11BrN2O. The topological polar surface area (TPSA) is 26.7 Å². The van der Waals surface area contributed by atoms with Crippen molar-refractivity contribution in [3.05, 3.63) is 58.6 Å². The van der Waals surface area contributed by atoms with Gasteiger partial charge in [-0.3, -0.25) is 10.2 Å². The van der Waals surface area contributed by atoms with Gasteiger partial charge in [-0.15, -0.1) is 0 Å². The molecule has 0 amide bonds. The van der Waals surface area contributed by atoms with Crippen LogP contribution in [-0.4, -0.2) is 5.21 Å². The van der Waals surface area contributed by atoms with Gasteiger partial charge < -0.3 is 0 Å². The summed E-state index contributed by atoms with van der Waals surface area (Å²) in [5, 5.41) is 13.1. The molecule has 0 fully saturated rings. The summed E-state index contributed by atoms with van der Waals surface area (Å²) in [4.78, 5) is 0. The van der Waals surface area contributed by atoms with Crippen molar-refractivity contribution in [1.82, 2.24) is 0 Å². The van der Waals surface area contributed by atoms with Crippen LogP contribution in [0.3, 0.4) is 0 Å². The fourth-order valence-corrected chi connectivity index (χ4v) is 2.28. The van der Waals surface area contributed by atoms with E-state index in [2.05, 4.69) is 15.9 Å². The van der Waals surface area contributed by atoms with E-state index in [0.29, 0.717) is 6.54 Å². The Morgan fingerprint density at radius 2 is 1.71 bits per heavy atom. The van der Waals surface area contributed by atoms with E-state index < -0.39 is 0 Å². The van der Waals surface area contributed by atoms with Crippen molar-refractivity contribution < 1.29 is 5.21 Å². The molecule has 0 saturated heterocycles. The highest BCUT2D eigenvalue weighted by molar-refractivity contribution is 9.10. The average Bonchev–Trinajstić information content (AvgIpc) is 2.69. The molecule has 3 nitrogen and oxygen atoms in total. The zero-order valence-electron chi connectivity index (χ0n) is 9.05. The third-order valence-electron chi connectivity index (χ3n) is 2.88. The molecule has 1 heterocycles. The van der Waals surface area contributed by atoms with Crippen molar-refractivity contribution in [3.63, 3.8) is 0 Å². The lowest BCUT2D eigenvalue weighted by Crippen LogP contribution is -2.34. The molecule has 0 aliphatic carbocycles. The van der Waals surface area contributed by atoms with Crippen molar-refractivity contribution in [1.29, 1.82) is 0 Å². The molecule has 2 aromatic rings. The van der Waals surface area contributed by atoms with Crippen molar-refractivity contribution in [2.24, 2.45) is 0 Å². The summed E-state index contributed by atoms with van der Waals surface area (Å²) in [5.74, 6) is 0. The molecule has 0 spiro atoms. The van der Waals surface area contributed by atoms with Gasteiger partial charge in [0.15, 0.2) is 0 Å². The van der Waals surface area contributed by atoms with Gasteiger partial charge in [-0.2, -0.15) is 5.17 Å². The predicted molar refractivity (Wildman–Crippen MR) is 71.0 cm³/mol. The molecule has 0 saturated carbocycles. The zero-order chi connectivity index (χ0) is 11.8. The minimum Gasteiger partial charge on any atom is -0.269 e. The lowest BCUT2D eigenvalue weighted by molar-refractivity contribution is 0.250. The van der Waals surface area contributed by atoms with Crippen LogP contribution in [0.25, 0.3) is 0 Å². The van der Waals surface area contributed by atoms with Crippen LogP contribution < -0.4 is 10.2 Å². The van der Waals surface area contributed by atoms with Crippen LogP contribution in [0.1, 0.15) is 5.56 Å². The summed E-state index contributed by atoms with van der Waals surface area (Å²) in [6.07, 6.45) is 0. The van der Waals surface area contributed by atoms with Crippen LogP contribution in [0.2, 0.25) is 0 Å². The van der Waals surface area contributed by atoms with Crippen LogP contribution in [0.5, 0.6) is 0 Å². The monoisotopic (exact) mass is 290 g/mol. The van der Waals surface area contributed by atoms with Crippen LogP contribution in [-0.2, 0) is 6.54 Å². The van der Waals surface area contributed by atoms with Gasteiger partial charge in [0.25, 0.3) is 0 Å². The highest BCUT2D eigenvalue weighted by Crippen LogP contribution is 2.33. The zero-order valence-corrected chi connectivity index (χ0v) is 10.6. The van der Waals surface area contributed by atoms with Gasteiger partial charge in [-0.25, -0.2) is 0 Å². The molecule has 0 aromatic heterocycles. The van der Waals surface area contributed by atoms with Crippen molar-refractivity contribution in [2.45, 2.75) is 6.54 Å². The van der Waals surface area contributed by atoms with Gasteiger partial charge in [-0.1, -0.05) is 34.1 Å². The third-order valence-corrected chi connectivity index (χ3v) is 3.41. The predicted octanol–water partition coefficient (Wildman–Crippen LogP) is 3.58. The molecule has 0 radical (unpaired) electrons. The maximum Gasteiger partial charge on any atom is 0.0929 e. The number of fused-ring (bicyclic) bond motifs is 1. The van der Waals surface area contributed by atoms with Crippen LogP contribution in [0.15, 0.2) is 53.0 Å². The molecule has 3 rings (SSSR count). The van der Waals surface area contributed by atoms with Gasteiger partial charge in [0.2, 0.25) is 0 Å². The third kappa shape index (κ3) is 1.79. The second-order valence-electron chi connectivity index (χ2n) is 3.95. The molecule has 0 unspecified atom stereocenters. The Morgan fingerprint density at radius 3 is 2.41 bits per heavy atom. The van der Waals surface area contributed by atoms with Gasteiger partial charge >= 0.3 is 0 Å². The van der Waals surface area contributed by atoms with Gasteiger partial charge in [0.05, 0.1) is 17.9 Å². The number of hydrogen-bond donors (Lipinski definition) is 1. The largest absolute Gasteiger partial charge is 0.269 e. The molecule has 17 heavy (non-hydrogen) atoms. The van der Waals surface area contributed by atoms with Crippen molar-refractivity contribution >= 4 is 27.3 Å². The molecule has 1 aliphatic rings. The number of para-hydroxylation sites is 1.